The second-order valence-corrected chi connectivity index (χ2v) is 6.72. The van der Waals surface area contributed by atoms with E-state index in [1.54, 1.807) is 25.6 Å². The maximum Gasteiger partial charge on any atom is 0.254 e. The zero-order valence-electron chi connectivity index (χ0n) is 13.7. The lowest BCUT2D eigenvalue weighted by Crippen LogP contribution is -2.24. The van der Waals surface area contributed by atoms with Crippen molar-refractivity contribution in [3.63, 3.8) is 0 Å². The van der Waals surface area contributed by atoms with Crippen molar-refractivity contribution in [3.8, 4) is 10.4 Å². The topological polar surface area (TPSA) is 38.8 Å². The molecule has 1 aliphatic heterocycles. The normalized spacial score (nSPS) is 13.9. The molecule has 2 heterocycles. The number of hydrogen-bond acceptors (Lipinski definition) is 4. The Morgan fingerprint density at radius 2 is 2.00 bits per heavy atom. The van der Waals surface area contributed by atoms with Gasteiger partial charge in [-0.2, -0.15) is 0 Å². The van der Waals surface area contributed by atoms with Crippen LogP contribution in [0.15, 0.2) is 30.3 Å². The molecule has 5 heteroatoms. The van der Waals surface area contributed by atoms with Crippen molar-refractivity contribution in [2.45, 2.75) is 26.2 Å². The number of thiophene rings is 1. The van der Waals surface area contributed by atoms with Crippen LogP contribution >= 0.6 is 11.3 Å². The molecule has 0 atom stereocenters. The van der Waals surface area contributed by atoms with Gasteiger partial charge in [-0.1, -0.05) is 13.0 Å². The first-order valence-corrected chi connectivity index (χ1v) is 8.57. The number of fused-ring (bicyclic) bond motifs is 1. The minimum Gasteiger partial charge on any atom is -0.351 e. The zero-order valence-corrected chi connectivity index (χ0v) is 14.5. The largest absolute Gasteiger partial charge is 0.351 e. The van der Waals surface area contributed by atoms with Crippen LogP contribution in [0.1, 0.15) is 40.4 Å². The highest BCUT2D eigenvalue weighted by molar-refractivity contribution is 7.15. The molecule has 0 saturated heterocycles. The Morgan fingerprint density at radius 1 is 1.22 bits per heavy atom. The van der Waals surface area contributed by atoms with E-state index in [0.717, 1.165) is 39.4 Å². The third kappa shape index (κ3) is 3.04. The van der Waals surface area contributed by atoms with Crippen LogP contribution in [-0.2, 0) is 16.0 Å². The lowest BCUT2D eigenvalue weighted by molar-refractivity contribution is -0.103. The Kier molecular flexibility index (Phi) is 4.80. The predicted octanol–water partition coefficient (Wildman–Crippen LogP) is 4.07. The highest BCUT2D eigenvalue weighted by Gasteiger charge is 2.26. The molecule has 0 N–H and O–H groups in total. The van der Waals surface area contributed by atoms with Crippen molar-refractivity contribution in [2.24, 2.45) is 0 Å². The van der Waals surface area contributed by atoms with Crippen LogP contribution in [0.5, 0.6) is 0 Å². The Bertz CT molecular complexity index is 706. The molecule has 0 bridgehead atoms. The second-order valence-electron chi connectivity index (χ2n) is 5.60. The van der Waals surface area contributed by atoms with Crippen LogP contribution in [0, 0.1) is 0 Å². The van der Waals surface area contributed by atoms with Gasteiger partial charge in [0.1, 0.15) is 0 Å². The van der Waals surface area contributed by atoms with E-state index in [1.807, 2.05) is 23.1 Å². The van der Waals surface area contributed by atoms with E-state index in [-0.39, 0.29) is 12.2 Å². The summed E-state index contributed by atoms with van der Waals surface area (Å²) < 4.78 is 10.6. The maximum absolute atomic E-state index is 12.3. The quantitative estimate of drug-likeness (QED) is 0.749. The molecule has 3 rings (SSSR count). The number of benzene rings is 1. The maximum atomic E-state index is 12.3. The fourth-order valence-corrected chi connectivity index (χ4v) is 4.01. The molecular formula is C18H21NO3S. The molecular weight excluding hydrogens is 310 g/mol. The molecule has 2 aromatic rings. The van der Waals surface area contributed by atoms with Crippen LogP contribution in [0.4, 0.5) is 0 Å². The number of nitrogens with zero attached hydrogens (tertiary/aromatic N) is 1. The average molecular weight is 331 g/mol. The van der Waals surface area contributed by atoms with Crippen LogP contribution in [0.25, 0.3) is 10.4 Å². The van der Waals surface area contributed by atoms with Crippen molar-refractivity contribution >= 4 is 17.2 Å². The SMILES string of the molecule is CCCN1Cc2cc(-c3ccc(C(OC)OC)s3)ccc2C1=O. The summed E-state index contributed by atoms with van der Waals surface area (Å²) in [6.07, 6.45) is 0.654. The van der Waals surface area contributed by atoms with E-state index in [1.165, 1.54) is 0 Å². The summed E-state index contributed by atoms with van der Waals surface area (Å²) in [5.41, 5.74) is 3.09. The van der Waals surface area contributed by atoms with Crippen molar-refractivity contribution < 1.29 is 14.3 Å². The fourth-order valence-electron chi connectivity index (χ4n) is 2.95. The van der Waals surface area contributed by atoms with Gasteiger partial charge in [-0.3, -0.25) is 4.79 Å². The molecule has 0 aliphatic carbocycles. The number of methoxy groups -OCH3 is 2. The van der Waals surface area contributed by atoms with E-state index < -0.39 is 0 Å². The summed E-state index contributed by atoms with van der Waals surface area (Å²) in [5.74, 6) is 0.152. The lowest BCUT2D eigenvalue weighted by Gasteiger charge is -2.13. The van der Waals surface area contributed by atoms with Crippen LogP contribution in [0.2, 0.25) is 0 Å². The Labute approximate surface area is 140 Å². The van der Waals surface area contributed by atoms with Gasteiger partial charge in [-0.25, -0.2) is 0 Å². The summed E-state index contributed by atoms with van der Waals surface area (Å²) in [4.78, 5) is 16.4. The predicted molar refractivity (Wildman–Crippen MR) is 91.5 cm³/mol. The molecule has 1 aromatic carbocycles. The van der Waals surface area contributed by atoms with E-state index in [2.05, 4.69) is 19.1 Å². The van der Waals surface area contributed by atoms with Crippen LogP contribution in [0.3, 0.4) is 0 Å². The molecule has 0 saturated carbocycles. The summed E-state index contributed by atoms with van der Waals surface area (Å²) in [6.45, 7) is 3.62. The molecule has 122 valence electrons. The first-order chi connectivity index (χ1) is 11.2. The van der Waals surface area contributed by atoms with Crippen LogP contribution in [-0.4, -0.2) is 31.6 Å². The summed E-state index contributed by atoms with van der Waals surface area (Å²) in [5, 5.41) is 0. The van der Waals surface area contributed by atoms with Crippen LogP contribution < -0.4 is 0 Å². The average Bonchev–Trinajstić information content (AvgIpc) is 3.15. The zero-order chi connectivity index (χ0) is 16.4. The van der Waals surface area contributed by atoms with E-state index in [0.29, 0.717) is 6.54 Å². The smallest absolute Gasteiger partial charge is 0.254 e. The minimum atomic E-state index is -0.329. The van der Waals surface area contributed by atoms with Crippen molar-refractivity contribution in [1.82, 2.24) is 4.90 Å². The number of rotatable bonds is 6. The number of ether oxygens (including phenoxy) is 2. The highest BCUT2D eigenvalue weighted by Crippen LogP contribution is 2.35. The summed E-state index contributed by atoms with van der Waals surface area (Å²) in [7, 11) is 3.27. The molecule has 23 heavy (non-hydrogen) atoms. The van der Waals surface area contributed by atoms with Crippen molar-refractivity contribution in [2.75, 3.05) is 20.8 Å². The molecule has 0 fully saturated rings. The number of amides is 1. The van der Waals surface area contributed by atoms with Gasteiger partial charge in [0.05, 0.1) is 4.88 Å². The first kappa shape index (κ1) is 16.2. The van der Waals surface area contributed by atoms with Gasteiger partial charge in [-0.05, 0) is 41.8 Å². The highest BCUT2D eigenvalue weighted by atomic mass is 32.1. The summed E-state index contributed by atoms with van der Waals surface area (Å²) >= 11 is 1.65. The molecule has 0 unspecified atom stereocenters. The van der Waals surface area contributed by atoms with E-state index in [9.17, 15) is 4.79 Å². The Morgan fingerprint density at radius 3 is 2.70 bits per heavy atom. The van der Waals surface area contributed by atoms with Gasteiger partial charge < -0.3 is 14.4 Å². The molecule has 1 aromatic heterocycles. The van der Waals surface area contributed by atoms with Gasteiger partial charge in [0, 0.05) is 37.7 Å². The number of carbonyl (C=O) groups excluding carboxylic acids is 1. The standard InChI is InChI=1S/C18H21NO3S/c1-4-9-19-11-13-10-12(5-6-14(13)17(19)20)15-7-8-16(23-15)18(21-2)22-3/h5-8,10,18H,4,9,11H2,1-3H3. The Balaban J connectivity index is 1.87. The number of carbonyl (C=O) groups is 1. The minimum absolute atomic E-state index is 0.152. The van der Waals surface area contributed by atoms with E-state index in [4.69, 9.17) is 9.47 Å². The lowest BCUT2D eigenvalue weighted by atomic mass is 10.1. The second kappa shape index (κ2) is 6.83. The molecule has 4 nitrogen and oxygen atoms in total. The fraction of sp³-hybridized carbons (Fsp3) is 0.389. The van der Waals surface area contributed by atoms with E-state index >= 15 is 0 Å². The molecule has 1 amide bonds. The van der Waals surface area contributed by atoms with Gasteiger partial charge >= 0.3 is 0 Å². The van der Waals surface area contributed by atoms with Crippen molar-refractivity contribution in [3.05, 3.63) is 46.3 Å². The molecule has 0 radical (unpaired) electrons. The van der Waals surface area contributed by atoms with Gasteiger partial charge in [0.25, 0.3) is 5.91 Å². The Hall–Kier alpha value is -1.69. The first-order valence-electron chi connectivity index (χ1n) is 7.75. The monoisotopic (exact) mass is 331 g/mol. The molecule has 1 aliphatic rings. The molecule has 0 spiro atoms. The van der Waals surface area contributed by atoms with Gasteiger partial charge in [-0.15, -0.1) is 11.3 Å². The third-order valence-electron chi connectivity index (χ3n) is 4.05. The number of hydrogen-bond donors (Lipinski definition) is 0. The van der Waals surface area contributed by atoms with Crippen molar-refractivity contribution in [1.29, 1.82) is 0 Å². The van der Waals surface area contributed by atoms with Gasteiger partial charge in [0.15, 0.2) is 6.29 Å². The third-order valence-corrected chi connectivity index (χ3v) is 5.21. The summed E-state index contributed by atoms with van der Waals surface area (Å²) in [6, 6.07) is 10.2. The van der Waals surface area contributed by atoms with Gasteiger partial charge in [0.2, 0.25) is 0 Å².